The Balaban J connectivity index is 2.01. The van der Waals surface area contributed by atoms with Crippen molar-refractivity contribution in [2.75, 3.05) is 6.61 Å². The van der Waals surface area contributed by atoms with Crippen LogP contribution >= 0.6 is 0 Å². The second-order valence-electron chi connectivity index (χ2n) is 4.80. The van der Waals surface area contributed by atoms with E-state index in [1.165, 1.54) is 19.1 Å². The fraction of sp³-hybridized carbons (Fsp3) is 0.188. The van der Waals surface area contributed by atoms with E-state index >= 15 is 0 Å². The minimum absolute atomic E-state index is 0.0354. The van der Waals surface area contributed by atoms with Crippen molar-refractivity contribution in [1.29, 1.82) is 0 Å². The molecule has 0 radical (unpaired) electrons. The first-order chi connectivity index (χ1) is 10.5. The maximum atomic E-state index is 12.7. The number of carbonyl (C=O) groups excluding carboxylic acids is 3. The Hall–Kier alpha value is -2.89. The molecule has 1 spiro atoms. The van der Waals surface area contributed by atoms with E-state index in [0.717, 1.165) is 0 Å². The molecular formula is C16H12O6. The molecule has 2 aliphatic heterocycles. The summed E-state index contributed by atoms with van der Waals surface area (Å²) in [5.41, 5.74) is 0.270. The van der Waals surface area contributed by atoms with E-state index in [2.05, 4.69) is 6.58 Å². The molecule has 0 amide bonds. The van der Waals surface area contributed by atoms with E-state index in [-0.39, 0.29) is 29.1 Å². The predicted molar refractivity (Wildman–Crippen MR) is 73.5 cm³/mol. The lowest BCUT2D eigenvalue weighted by atomic mass is 9.96. The molecule has 112 valence electrons. The van der Waals surface area contributed by atoms with Crippen LogP contribution in [0.2, 0.25) is 0 Å². The van der Waals surface area contributed by atoms with Crippen molar-refractivity contribution in [3.8, 4) is 0 Å². The maximum absolute atomic E-state index is 12.7. The number of allylic oxidation sites excluding steroid dienone is 1. The second kappa shape index (κ2) is 4.84. The van der Waals surface area contributed by atoms with Crippen molar-refractivity contribution >= 4 is 17.7 Å². The summed E-state index contributed by atoms with van der Waals surface area (Å²) in [5, 5.41) is 0. The molecule has 22 heavy (non-hydrogen) atoms. The minimum atomic E-state index is -1.92. The fourth-order valence-corrected chi connectivity index (χ4v) is 2.51. The summed E-state index contributed by atoms with van der Waals surface area (Å²) < 4.78 is 15.5. The van der Waals surface area contributed by atoms with Crippen LogP contribution in [-0.2, 0) is 29.6 Å². The van der Waals surface area contributed by atoms with Crippen molar-refractivity contribution in [3.63, 3.8) is 0 Å². The largest absolute Gasteiger partial charge is 0.458 e. The van der Waals surface area contributed by atoms with Gasteiger partial charge in [-0.1, -0.05) is 24.8 Å². The highest BCUT2D eigenvalue weighted by molar-refractivity contribution is 6.23. The molecule has 0 saturated heterocycles. The number of hydrogen-bond acceptors (Lipinski definition) is 6. The molecule has 6 nitrogen and oxygen atoms in total. The van der Waals surface area contributed by atoms with E-state index in [4.69, 9.17) is 14.2 Å². The summed E-state index contributed by atoms with van der Waals surface area (Å²) in [6.45, 7) is 4.84. The average molecular weight is 300 g/mol. The van der Waals surface area contributed by atoms with Crippen molar-refractivity contribution in [1.82, 2.24) is 0 Å². The summed E-state index contributed by atoms with van der Waals surface area (Å²) in [4.78, 5) is 36.6. The van der Waals surface area contributed by atoms with Crippen LogP contribution in [0.3, 0.4) is 0 Å². The number of fused-ring (bicyclic) bond motifs is 2. The van der Waals surface area contributed by atoms with Gasteiger partial charge in [0, 0.05) is 0 Å². The highest BCUT2D eigenvalue weighted by Gasteiger charge is 2.60. The normalized spacial score (nSPS) is 22.4. The Morgan fingerprint density at radius 1 is 1.32 bits per heavy atom. The zero-order valence-electron chi connectivity index (χ0n) is 11.8. The molecule has 2 aliphatic rings. The number of rotatable bonds is 3. The second-order valence-corrected chi connectivity index (χ2v) is 4.80. The molecule has 1 aromatic carbocycles. The van der Waals surface area contributed by atoms with Gasteiger partial charge in [0.1, 0.15) is 17.9 Å². The molecule has 1 atom stereocenters. The van der Waals surface area contributed by atoms with Crippen molar-refractivity contribution in [2.24, 2.45) is 0 Å². The Morgan fingerprint density at radius 3 is 2.77 bits per heavy atom. The lowest BCUT2D eigenvalue weighted by molar-refractivity contribution is -0.178. The highest BCUT2D eigenvalue weighted by atomic mass is 16.7. The number of carbonyl (C=O) groups is 3. The Morgan fingerprint density at radius 2 is 2.05 bits per heavy atom. The van der Waals surface area contributed by atoms with Crippen LogP contribution in [0.25, 0.3) is 0 Å². The monoisotopic (exact) mass is 300 g/mol. The molecule has 6 heteroatoms. The lowest BCUT2D eigenvalue weighted by Gasteiger charge is -2.21. The zero-order valence-corrected chi connectivity index (χ0v) is 11.8. The van der Waals surface area contributed by atoms with Gasteiger partial charge in [-0.2, -0.15) is 0 Å². The lowest BCUT2D eigenvalue weighted by Crippen LogP contribution is -2.36. The summed E-state index contributed by atoms with van der Waals surface area (Å²) in [6.07, 6.45) is 1.38. The number of Topliss-reactive ketones (excluding diaryl/α,β-unsaturated/α-hetero) is 1. The van der Waals surface area contributed by atoms with E-state index in [9.17, 15) is 14.4 Å². The number of hydrogen-bond donors (Lipinski definition) is 0. The molecule has 0 bridgehead atoms. The number of esters is 2. The van der Waals surface area contributed by atoms with Gasteiger partial charge in [0.2, 0.25) is 0 Å². The third-order valence-corrected chi connectivity index (χ3v) is 3.45. The average Bonchev–Trinajstić information content (AvgIpc) is 2.92. The summed E-state index contributed by atoms with van der Waals surface area (Å²) in [7, 11) is 0. The van der Waals surface area contributed by atoms with Crippen LogP contribution in [0.4, 0.5) is 0 Å². The fourth-order valence-electron chi connectivity index (χ4n) is 2.51. The van der Waals surface area contributed by atoms with Gasteiger partial charge in [-0.15, -0.1) is 0 Å². The van der Waals surface area contributed by atoms with E-state index in [0.29, 0.717) is 0 Å². The first-order valence-electron chi connectivity index (χ1n) is 6.57. The third kappa shape index (κ3) is 1.77. The van der Waals surface area contributed by atoms with E-state index < -0.39 is 23.5 Å². The molecule has 1 aromatic rings. The molecule has 0 N–H and O–H groups in total. The first kappa shape index (κ1) is 14.1. The van der Waals surface area contributed by atoms with Gasteiger partial charge in [0.25, 0.3) is 5.78 Å². The van der Waals surface area contributed by atoms with Gasteiger partial charge in [-0.25, -0.2) is 9.59 Å². The molecule has 1 unspecified atom stereocenters. The number of ketones is 1. The summed E-state index contributed by atoms with van der Waals surface area (Å²) in [5.74, 6) is -4.10. The first-order valence-corrected chi connectivity index (χ1v) is 6.57. The van der Waals surface area contributed by atoms with Crippen molar-refractivity contribution < 1.29 is 28.6 Å². The Labute approximate surface area is 126 Å². The molecule has 0 fully saturated rings. The van der Waals surface area contributed by atoms with Gasteiger partial charge >= 0.3 is 17.7 Å². The van der Waals surface area contributed by atoms with Gasteiger partial charge in [-0.05, 0) is 19.1 Å². The highest BCUT2D eigenvalue weighted by Crippen LogP contribution is 2.46. The van der Waals surface area contributed by atoms with Gasteiger partial charge in [-0.3, -0.25) is 4.79 Å². The number of ether oxygens (including phenoxy) is 3. The molecule has 3 rings (SSSR count). The van der Waals surface area contributed by atoms with Crippen LogP contribution in [-0.4, -0.2) is 24.3 Å². The molecule has 0 aromatic heterocycles. The van der Waals surface area contributed by atoms with Crippen LogP contribution in [0, 0.1) is 0 Å². The quantitative estimate of drug-likeness (QED) is 0.479. The van der Waals surface area contributed by atoms with E-state index in [1.807, 2.05) is 0 Å². The topological polar surface area (TPSA) is 78.9 Å². The van der Waals surface area contributed by atoms with Crippen LogP contribution < -0.4 is 0 Å². The predicted octanol–water partition coefficient (Wildman–Crippen LogP) is 1.61. The minimum Gasteiger partial charge on any atom is -0.458 e. The van der Waals surface area contributed by atoms with Crippen LogP contribution in [0.15, 0.2) is 48.3 Å². The van der Waals surface area contributed by atoms with Gasteiger partial charge in [0.15, 0.2) is 0 Å². The molecular weight excluding hydrogens is 288 g/mol. The molecule has 2 heterocycles. The zero-order chi connectivity index (χ0) is 15.9. The smallest absolute Gasteiger partial charge is 0.347 e. The summed E-state index contributed by atoms with van der Waals surface area (Å²) in [6, 6.07) is 6.40. The number of benzene rings is 1. The van der Waals surface area contributed by atoms with Gasteiger partial charge in [0.05, 0.1) is 11.1 Å². The van der Waals surface area contributed by atoms with Crippen LogP contribution in [0.1, 0.15) is 22.8 Å². The standard InChI is InChI=1S/C16H12O6/c1-3-8-20-15(19)12-9(2)21-16(13(12)17)11-7-5-4-6-10(11)14(18)22-16/h3-7H,1,8H2,2H3. The van der Waals surface area contributed by atoms with Crippen molar-refractivity contribution in [2.45, 2.75) is 12.7 Å². The SMILES string of the molecule is C=CCOC(=O)C1=C(C)OC2(OC(=O)c3ccccc32)C1=O. The van der Waals surface area contributed by atoms with Crippen LogP contribution in [0.5, 0.6) is 0 Å². The third-order valence-electron chi connectivity index (χ3n) is 3.45. The summed E-state index contributed by atoms with van der Waals surface area (Å²) >= 11 is 0. The maximum Gasteiger partial charge on any atom is 0.347 e. The molecule has 0 aliphatic carbocycles. The Bertz CT molecular complexity index is 745. The van der Waals surface area contributed by atoms with Crippen molar-refractivity contribution in [3.05, 3.63) is 59.4 Å². The van der Waals surface area contributed by atoms with Gasteiger partial charge < -0.3 is 14.2 Å². The van der Waals surface area contributed by atoms with E-state index in [1.54, 1.807) is 18.2 Å². The molecule has 0 saturated carbocycles. The Kier molecular flexibility index (Phi) is 3.09.